The average molecular weight is 277 g/mol. The first-order valence-corrected chi connectivity index (χ1v) is 6.49. The van der Waals surface area contributed by atoms with E-state index < -0.39 is 0 Å². The molecule has 5 heteroatoms. The second kappa shape index (κ2) is 4.70. The largest absolute Gasteiger partial charge is 0.469 e. The maximum atomic E-state index is 12.1. The van der Waals surface area contributed by atoms with Crippen molar-refractivity contribution in [3.8, 4) is 0 Å². The summed E-state index contributed by atoms with van der Waals surface area (Å²) in [4.78, 5) is 16.1. The predicted molar refractivity (Wildman–Crippen MR) is 72.2 cm³/mol. The first kappa shape index (κ1) is 12.2. The number of aryl methyl sites for hydroxylation is 1. The number of anilines is 1. The van der Waals surface area contributed by atoms with Crippen molar-refractivity contribution in [3.63, 3.8) is 0 Å². The van der Waals surface area contributed by atoms with Gasteiger partial charge in [0.25, 0.3) is 0 Å². The van der Waals surface area contributed by atoms with Gasteiger partial charge < -0.3 is 9.73 Å². The van der Waals surface area contributed by atoms with Crippen LogP contribution >= 0.6 is 11.6 Å². The molecule has 1 aliphatic rings. The summed E-state index contributed by atoms with van der Waals surface area (Å²) in [6, 6.07) is 5.57. The summed E-state index contributed by atoms with van der Waals surface area (Å²) in [6.07, 6.45) is 4.03. The maximum absolute atomic E-state index is 12.1. The molecule has 1 saturated carbocycles. The molecule has 0 aliphatic heterocycles. The Hall–Kier alpha value is -1.81. The highest BCUT2D eigenvalue weighted by atomic mass is 35.5. The summed E-state index contributed by atoms with van der Waals surface area (Å²) >= 11 is 5.85. The molecule has 1 fully saturated rings. The van der Waals surface area contributed by atoms with Crippen molar-refractivity contribution in [1.82, 2.24) is 4.98 Å². The fourth-order valence-electron chi connectivity index (χ4n) is 2.16. The van der Waals surface area contributed by atoms with Crippen LogP contribution in [0.2, 0.25) is 5.15 Å². The molecule has 0 saturated heterocycles. The van der Waals surface area contributed by atoms with Crippen LogP contribution in [0, 0.1) is 12.8 Å². The lowest BCUT2D eigenvalue weighted by molar-refractivity contribution is -0.117. The Labute approximate surface area is 115 Å². The topological polar surface area (TPSA) is 55.1 Å². The molecule has 19 heavy (non-hydrogen) atoms. The van der Waals surface area contributed by atoms with Gasteiger partial charge >= 0.3 is 0 Å². The van der Waals surface area contributed by atoms with Crippen LogP contribution in [-0.2, 0) is 4.79 Å². The van der Waals surface area contributed by atoms with Gasteiger partial charge in [-0.05, 0) is 37.1 Å². The molecule has 2 heterocycles. The number of nitrogens with zero attached hydrogens (tertiary/aromatic N) is 1. The van der Waals surface area contributed by atoms with E-state index in [1.165, 1.54) is 0 Å². The highest BCUT2D eigenvalue weighted by molar-refractivity contribution is 6.30. The summed E-state index contributed by atoms with van der Waals surface area (Å²) in [5.41, 5.74) is 1.52. The molecule has 2 atom stereocenters. The summed E-state index contributed by atoms with van der Waals surface area (Å²) in [6.45, 7) is 1.85. The zero-order chi connectivity index (χ0) is 13.4. The van der Waals surface area contributed by atoms with Gasteiger partial charge in [-0.1, -0.05) is 11.6 Å². The number of halogens is 1. The van der Waals surface area contributed by atoms with Crippen LogP contribution < -0.4 is 5.32 Å². The van der Waals surface area contributed by atoms with Crippen molar-refractivity contribution < 1.29 is 9.21 Å². The van der Waals surface area contributed by atoms with Crippen molar-refractivity contribution in [2.24, 2.45) is 5.92 Å². The first-order chi connectivity index (χ1) is 9.15. The van der Waals surface area contributed by atoms with Gasteiger partial charge in [0.1, 0.15) is 10.9 Å². The van der Waals surface area contributed by atoms with Crippen molar-refractivity contribution in [2.45, 2.75) is 19.3 Å². The normalized spacial score (nSPS) is 21.2. The number of hydrogen-bond donors (Lipinski definition) is 1. The number of carbonyl (C=O) groups is 1. The lowest BCUT2D eigenvalue weighted by Crippen LogP contribution is -2.14. The number of pyridine rings is 1. The van der Waals surface area contributed by atoms with Gasteiger partial charge in [-0.3, -0.25) is 4.79 Å². The monoisotopic (exact) mass is 276 g/mol. The van der Waals surface area contributed by atoms with Crippen molar-refractivity contribution in [2.75, 3.05) is 5.32 Å². The Morgan fingerprint density at radius 2 is 2.42 bits per heavy atom. The zero-order valence-corrected chi connectivity index (χ0v) is 11.1. The molecule has 98 valence electrons. The molecule has 0 aromatic carbocycles. The Bertz CT molecular complexity index is 610. The Balaban J connectivity index is 1.65. The molecular weight excluding hydrogens is 264 g/mol. The quantitative estimate of drug-likeness (QED) is 0.875. The van der Waals surface area contributed by atoms with E-state index in [2.05, 4.69) is 10.3 Å². The minimum absolute atomic E-state index is 0.00456. The van der Waals surface area contributed by atoms with Gasteiger partial charge in [0.05, 0.1) is 18.1 Å². The van der Waals surface area contributed by atoms with Gasteiger partial charge in [-0.15, -0.1) is 0 Å². The van der Waals surface area contributed by atoms with Gasteiger partial charge in [0.15, 0.2) is 0 Å². The number of furan rings is 1. The second-order valence-corrected chi connectivity index (χ2v) is 5.14. The highest BCUT2D eigenvalue weighted by Crippen LogP contribution is 2.48. The summed E-state index contributed by atoms with van der Waals surface area (Å²) in [5, 5.41) is 3.32. The Kier molecular flexibility index (Phi) is 3.03. The van der Waals surface area contributed by atoms with Gasteiger partial charge in [0, 0.05) is 11.8 Å². The first-order valence-electron chi connectivity index (χ1n) is 6.11. The Morgan fingerprint density at radius 3 is 3.11 bits per heavy atom. The minimum Gasteiger partial charge on any atom is -0.469 e. The molecule has 2 aromatic heterocycles. The smallest absolute Gasteiger partial charge is 0.228 e. The summed E-state index contributed by atoms with van der Waals surface area (Å²) in [5.74, 6) is 1.08. The number of amides is 1. The van der Waals surface area contributed by atoms with E-state index in [4.69, 9.17) is 16.0 Å². The standard InChI is InChI=1S/C14H13ClN2O2/c1-8-5-9(7-16-13(8)15)17-14(18)11-6-10(11)12-3-2-4-19-12/h2-5,7,10-11H,6H2,1H3,(H,17,18). The Morgan fingerprint density at radius 1 is 1.58 bits per heavy atom. The summed E-state index contributed by atoms with van der Waals surface area (Å²) < 4.78 is 5.31. The van der Waals surface area contributed by atoms with Crippen LogP contribution in [0.5, 0.6) is 0 Å². The lowest BCUT2D eigenvalue weighted by Gasteiger charge is -2.05. The third-order valence-electron chi connectivity index (χ3n) is 3.32. The SMILES string of the molecule is Cc1cc(NC(=O)C2CC2c2ccco2)cnc1Cl. The van der Waals surface area contributed by atoms with Crippen LogP contribution in [0.3, 0.4) is 0 Å². The average Bonchev–Trinajstić information content (AvgIpc) is 3.01. The van der Waals surface area contributed by atoms with E-state index in [0.717, 1.165) is 17.7 Å². The van der Waals surface area contributed by atoms with E-state index in [1.807, 2.05) is 25.1 Å². The molecule has 1 amide bonds. The van der Waals surface area contributed by atoms with Crippen LogP contribution in [0.15, 0.2) is 35.1 Å². The minimum atomic E-state index is -0.0119. The number of nitrogens with one attached hydrogen (secondary N) is 1. The molecular formula is C14H13ClN2O2. The second-order valence-electron chi connectivity index (χ2n) is 4.79. The molecule has 4 nitrogen and oxygen atoms in total. The number of carbonyl (C=O) groups excluding carboxylic acids is 1. The van der Waals surface area contributed by atoms with E-state index in [0.29, 0.717) is 10.8 Å². The van der Waals surface area contributed by atoms with E-state index >= 15 is 0 Å². The van der Waals surface area contributed by atoms with Gasteiger partial charge in [-0.2, -0.15) is 0 Å². The molecule has 1 N–H and O–H groups in total. The highest BCUT2D eigenvalue weighted by Gasteiger charge is 2.45. The van der Waals surface area contributed by atoms with Crippen LogP contribution in [0.1, 0.15) is 23.7 Å². The fourth-order valence-corrected chi connectivity index (χ4v) is 2.27. The molecule has 2 unspecified atom stereocenters. The van der Waals surface area contributed by atoms with E-state index in [1.54, 1.807) is 12.5 Å². The molecule has 0 radical (unpaired) electrons. The maximum Gasteiger partial charge on any atom is 0.228 e. The fraction of sp³-hybridized carbons (Fsp3) is 0.286. The van der Waals surface area contributed by atoms with Crippen molar-refractivity contribution in [3.05, 3.63) is 47.1 Å². The van der Waals surface area contributed by atoms with Crippen LogP contribution in [0.4, 0.5) is 5.69 Å². The summed E-state index contributed by atoms with van der Waals surface area (Å²) in [7, 11) is 0. The van der Waals surface area contributed by atoms with Crippen LogP contribution in [0.25, 0.3) is 0 Å². The van der Waals surface area contributed by atoms with Crippen molar-refractivity contribution >= 4 is 23.2 Å². The lowest BCUT2D eigenvalue weighted by atomic mass is 10.2. The van der Waals surface area contributed by atoms with E-state index in [9.17, 15) is 4.79 Å². The molecule has 1 aliphatic carbocycles. The molecule has 2 aromatic rings. The third-order valence-corrected chi connectivity index (χ3v) is 3.71. The van der Waals surface area contributed by atoms with Crippen molar-refractivity contribution in [1.29, 1.82) is 0 Å². The van der Waals surface area contributed by atoms with E-state index in [-0.39, 0.29) is 17.7 Å². The molecule has 3 rings (SSSR count). The number of hydrogen-bond acceptors (Lipinski definition) is 3. The number of rotatable bonds is 3. The molecule has 0 spiro atoms. The number of aromatic nitrogens is 1. The predicted octanol–water partition coefficient (Wildman–Crippen LogP) is 3.38. The van der Waals surface area contributed by atoms with Crippen LogP contribution in [-0.4, -0.2) is 10.9 Å². The molecule has 0 bridgehead atoms. The van der Waals surface area contributed by atoms with Gasteiger partial charge in [0.2, 0.25) is 5.91 Å². The zero-order valence-electron chi connectivity index (χ0n) is 10.4. The van der Waals surface area contributed by atoms with Gasteiger partial charge in [-0.25, -0.2) is 4.98 Å². The third kappa shape index (κ3) is 2.49.